The third-order valence-electron chi connectivity index (χ3n) is 3.16. The van der Waals surface area contributed by atoms with Gasteiger partial charge in [-0.1, -0.05) is 25.1 Å². The van der Waals surface area contributed by atoms with E-state index in [0.717, 1.165) is 24.6 Å². The topological polar surface area (TPSA) is 56.7 Å². The van der Waals surface area contributed by atoms with E-state index in [4.69, 9.17) is 5.73 Å². The van der Waals surface area contributed by atoms with Crippen molar-refractivity contribution in [1.29, 1.82) is 0 Å². The van der Waals surface area contributed by atoms with E-state index in [1.165, 1.54) is 16.7 Å². The highest BCUT2D eigenvalue weighted by molar-refractivity contribution is 5.64. The fraction of sp³-hybridized carbons (Fsp3) is 0.429. The Morgan fingerprint density at radius 1 is 1.17 bits per heavy atom. The lowest BCUT2D eigenvalue weighted by molar-refractivity contribution is 0.643. The molecule has 0 atom stereocenters. The van der Waals surface area contributed by atoms with Crippen molar-refractivity contribution in [3.8, 4) is 11.4 Å². The van der Waals surface area contributed by atoms with Gasteiger partial charge in [0, 0.05) is 12.1 Å². The molecule has 2 N–H and O–H groups in total. The molecule has 1 heterocycles. The van der Waals surface area contributed by atoms with Crippen LogP contribution in [0, 0.1) is 13.8 Å². The van der Waals surface area contributed by atoms with Crippen LogP contribution >= 0.6 is 0 Å². The average molecular weight is 244 g/mol. The molecule has 96 valence electrons. The minimum absolute atomic E-state index is 0.429. The van der Waals surface area contributed by atoms with Crippen LogP contribution in [0.15, 0.2) is 18.2 Å². The van der Waals surface area contributed by atoms with Gasteiger partial charge in [0.2, 0.25) is 0 Å². The number of hydrogen-bond donors (Lipinski definition) is 1. The molecule has 0 radical (unpaired) electrons. The van der Waals surface area contributed by atoms with E-state index in [0.29, 0.717) is 6.54 Å². The lowest BCUT2D eigenvalue weighted by Gasteiger charge is -2.12. The van der Waals surface area contributed by atoms with Gasteiger partial charge in [-0.3, -0.25) is 0 Å². The molecule has 0 aliphatic carbocycles. The molecule has 4 nitrogen and oxygen atoms in total. The standard InChI is InChI=1S/C14H20N4/c1-4-8-18-12(9-15)16-17-14(18)13-10(2)6-5-7-11(13)3/h5-7H,4,8-9,15H2,1-3H3. The number of nitrogens with two attached hydrogens (primary N) is 1. The Morgan fingerprint density at radius 3 is 2.39 bits per heavy atom. The number of nitrogens with zero attached hydrogens (tertiary/aromatic N) is 3. The van der Waals surface area contributed by atoms with Crippen molar-refractivity contribution in [2.75, 3.05) is 0 Å². The van der Waals surface area contributed by atoms with E-state index in [2.05, 4.69) is 53.7 Å². The third kappa shape index (κ3) is 2.16. The highest BCUT2D eigenvalue weighted by atomic mass is 15.3. The summed E-state index contributed by atoms with van der Waals surface area (Å²) in [5.74, 6) is 1.79. The molecule has 1 aromatic heterocycles. The van der Waals surface area contributed by atoms with Crippen molar-refractivity contribution in [3.63, 3.8) is 0 Å². The van der Waals surface area contributed by atoms with Gasteiger partial charge in [0.05, 0.1) is 6.54 Å². The molecule has 0 fully saturated rings. The van der Waals surface area contributed by atoms with Gasteiger partial charge in [-0.05, 0) is 31.4 Å². The maximum absolute atomic E-state index is 5.73. The first-order chi connectivity index (χ1) is 8.69. The Kier molecular flexibility index (Phi) is 3.77. The molecule has 0 aliphatic heterocycles. The minimum Gasteiger partial charge on any atom is -0.324 e. The summed E-state index contributed by atoms with van der Waals surface area (Å²) < 4.78 is 2.13. The van der Waals surface area contributed by atoms with E-state index in [-0.39, 0.29) is 0 Å². The summed E-state index contributed by atoms with van der Waals surface area (Å²) in [4.78, 5) is 0. The number of benzene rings is 1. The van der Waals surface area contributed by atoms with Crippen LogP contribution in [0.2, 0.25) is 0 Å². The first kappa shape index (κ1) is 12.8. The predicted molar refractivity (Wildman–Crippen MR) is 73.1 cm³/mol. The second kappa shape index (κ2) is 5.31. The van der Waals surface area contributed by atoms with Gasteiger partial charge in [0.1, 0.15) is 5.82 Å². The van der Waals surface area contributed by atoms with E-state index in [9.17, 15) is 0 Å². The molecular formula is C14H20N4. The summed E-state index contributed by atoms with van der Waals surface area (Å²) in [6.07, 6.45) is 1.04. The second-order valence-electron chi connectivity index (χ2n) is 4.56. The van der Waals surface area contributed by atoms with Crippen LogP contribution < -0.4 is 5.73 Å². The van der Waals surface area contributed by atoms with Gasteiger partial charge in [0.25, 0.3) is 0 Å². The van der Waals surface area contributed by atoms with E-state index in [1.54, 1.807) is 0 Å². The van der Waals surface area contributed by atoms with E-state index >= 15 is 0 Å². The Balaban J connectivity index is 2.60. The van der Waals surface area contributed by atoms with Gasteiger partial charge in [-0.2, -0.15) is 0 Å². The van der Waals surface area contributed by atoms with Crippen LogP contribution in [0.3, 0.4) is 0 Å². The Hall–Kier alpha value is -1.68. The molecule has 1 aromatic carbocycles. The number of aryl methyl sites for hydroxylation is 2. The predicted octanol–water partition coefficient (Wildman–Crippen LogP) is 2.43. The highest BCUT2D eigenvalue weighted by Crippen LogP contribution is 2.26. The maximum atomic E-state index is 5.73. The van der Waals surface area contributed by atoms with Crippen molar-refractivity contribution in [2.24, 2.45) is 5.73 Å². The minimum atomic E-state index is 0.429. The van der Waals surface area contributed by atoms with Crippen molar-refractivity contribution in [3.05, 3.63) is 35.2 Å². The van der Waals surface area contributed by atoms with Crippen molar-refractivity contribution in [1.82, 2.24) is 14.8 Å². The maximum Gasteiger partial charge on any atom is 0.164 e. The molecular weight excluding hydrogens is 224 g/mol. The monoisotopic (exact) mass is 244 g/mol. The molecule has 0 amide bonds. The Labute approximate surface area is 108 Å². The van der Waals surface area contributed by atoms with E-state index < -0.39 is 0 Å². The van der Waals surface area contributed by atoms with Crippen LogP contribution in [-0.4, -0.2) is 14.8 Å². The normalized spacial score (nSPS) is 10.9. The summed E-state index contributed by atoms with van der Waals surface area (Å²) in [7, 11) is 0. The van der Waals surface area contributed by atoms with Crippen LogP contribution in [0.5, 0.6) is 0 Å². The molecule has 0 unspecified atom stereocenters. The first-order valence-electron chi connectivity index (χ1n) is 6.37. The van der Waals surface area contributed by atoms with Gasteiger partial charge < -0.3 is 10.3 Å². The molecule has 4 heteroatoms. The Morgan fingerprint density at radius 2 is 1.83 bits per heavy atom. The highest BCUT2D eigenvalue weighted by Gasteiger charge is 2.15. The third-order valence-corrected chi connectivity index (χ3v) is 3.16. The second-order valence-corrected chi connectivity index (χ2v) is 4.56. The fourth-order valence-electron chi connectivity index (χ4n) is 2.30. The molecule has 2 aromatic rings. The van der Waals surface area contributed by atoms with Crippen LogP contribution in [0.25, 0.3) is 11.4 Å². The first-order valence-corrected chi connectivity index (χ1v) is 6.37. The molecule has 0 saturated carbocycles. The molecule has 0 spiro atoms. The van der Waals surface area contributed by atoms with Gasteiger partial charge in [-0.25, -0.2) is 0 Å². The summed E-state index contributed by atoms with van der Waals surface area (Å²) in [5, 5.41) is 8.53. The van der Waals surface area contributed by atoms with Crippen molar-refractivity contribution < 1.29 is 0 Å². The molecule has 2 rings (SSSR count). The summed E-state index contributed by atoms with van der Waals surface area (Å²) >= 11 is 0. The van der Waals surface area contributed by atoms with Crippen molar-refractivity contribution >= 4 is 0 Å². The quantitative estimate of drug-likeness (QED) is 0.898. The van der Waals surface area contributed by atoms with Crippen LogP contribution in [0.1, 0.15) is 30.3 Å². The van der Waals surface area contributed by atoms with E-state index in [1.807, 2.05) is 0 Å². The molecule has 0 saturated heterocycles. The zero-order chi connectivity index (χ0) is 13.1. The van der Waals surface area contributed by atoms with Crippen LogP contribution in [0.4, 0.5) is 0 Å². The molecule has 0 bridgehead atoms. The average Bonchev–Trinajstić information content (AvgIpc) is 2.73. The zero-order valence-electron chi connectivity index (χ0n) is 11.3. The summed E-state index contributed by atoms with van der Waals surface area (Å²) in [5.41, 5.74) is 9.35. The smallest absolute Gasteiger partial charge is 0.164 e. The Bertz CT molecular complexity index is 522. The SMILES string of the molecule is CCCn1c(CN)nnc1-c1c(C)cccc1C. The molecule has 18 heavy (non-hydrogen) atoms. The number of hydrogen-bond acceptors (Lipinski definition) is 3. The fourth-order valence-corrected chi connectivity index (χ4v) is 2.30. The summed E-state index contributed by atoms with van der Waals surface area (Å²) in [6.45, 7) is 7.69. The van der Waals surface area contributed by atoms with Crippen molar-refractivity contribution in [2.45, 2.75) is 40.3 Å². The summed E-state index contributed by atoms with van der Waals surface area (Å²) in [6, 6.07) is 6.28. The van der Waals surface area contributed by atoms with Gasteiger partial charge in [-0.15, -0.1) is 10.2 Å². The number of rotatable bonds is 4. The van der Waals surface area contributed by atoms with Gasteiger partial charge in [0.15, 0.2) is 5.82 Å². The van der Waals surface area contributed by atoms with Crippen LogP contribution in [-0.2, 0) is 13.1 Å². The number of aromatic nitrogens is 3. The largest absolute Gasteiger partial charge is 0.324 e. The molecule has 0 aliphatic rings. The lowest BCUT2D eigenvalue weighted by Crippen LogP contribution is -2.10. The lowest BCUT2D eigenvalue weighted by atomic mass is 10.0. The van der Waals surface area contributed by atoms with Gasteiger partial charge >= 0.3 is 0 Å². The zero-order valence-corrected chi connectivity index (χ0v) is 11.3.